The van der Waals surface area contributed by atoms with Gasteiger partial charge in [-0.05, 0) is 26.8 Å². The van der Waals surface area contributed by atoms with Crippen molar-refractivity contribution in [3.63, 3.8) is 0 Å². The van der Waals surface area contributed by atoms with Crippen molar-refractivity contribution in [2.24, 2.45) is 0 Å². The zero-order valence-electron chi connectivity index (χ0n) is 14.1. The highest BCUT2D eigenvalue weighted by Crippen LogP contribution is 2.33. The molecule has 0 aliphatic rings. The maximum atomic E-state index is 12.2. The lowest BCUT2D eigenvalue weighted by Gasteiger charge is -2.08. The number of nitriles is 1. The van der Waals surface area contributed by atoms with Crippen LogP contribution in [0.25, 0.3) is 11.0 Å². The summed E-state index contributed by atoms with van der Waals surface area (Å²) in [6.45, 7) is 5.92. The summed E-state index contributed by atoms with van der Waals surface area (Å²) < 4.78 is 16.5. The number of fused-ring (bicyclic) bond motifs is 1. The molecule has 7 heteroatoms. The minimum atomic E-state index is -0.451. The van der Waals surface area contributed by atoms with Gasteiger partial charge in [-0.3, -0.25) is 0 Å². The molecule has 0 unspecified atom stereocenters. The monoisotopic (exact) mass is 356 g/mol. The Morgan fingerprint density at radius 1 is 1.40 bits per heavy atom. The Hall–Kier alpha value is -2.85. The van der Waals surface area contributed by atoms with Crippen LogP contribution in [0.2, 0.25) is 0 Å². The summed E-state index contributed by atoms with van der Waals surface area (Å²) in [6, 6.07) is 5.35. The maximum Gasteiger partial charge on any atom is 0.342 e. The summed E-state index contributed by atoms with van der Waals surface area (Å²) in [6.07, 6.45) is 0. The van der Waals surface area contributed by atoms with Gasteiger partial charge in [-0.2, -0.15) is 5.26 Å². The van der Waals surface area contributed by atoms with Crippen LogP contribution in [0.15, 0.2) is 22.1 Å². The molecule has 0 atom stereocenters. The average molecular weight is 356 g/mol. The first-order valence-corrected chi connectivity index (χ1v) is 8.59. The maximum absolute atomic E-state index is 12.2. The van der Waals surface area contributed by atoms with Crippen molar-refractivity contribution in [1.82, 2.24) is 4.98 Å². The van der Waals surface area contributed by atoms with E-state index in [1.165, 1.54) is 11.3 Å². The molecule has 0 amide bonds. The Balaban J connectivity index is 2.02. The van der Waals surface area contributed by atoms with Crippen molar-refractivity contribution in [3.05, 3.63) is 45.1 Å². The van der Waals surface area contributed by atoms with Gasteiger partial charge in [0.25, 0.3) is 0 Å². The van der Waals surface area contributed by atoms with Crippen molar-refractivity contribution < 1.29 is 18.7 Å². The number of ether oxygens (including phenoxy) is 2. The fraction of sp³-hybridized carbons (Fsp3) is 0.278. The fourth-order valence-corrected chi connectivity index (χ4v) is 3.21. The number of hydrogen-bond donors (Lipinski definition) is 0. The number of aromatic nitrogens is 1. The molecule has 0 spiro atoms. The number of rotatable bonds is 5. The van der Waals surface area contributed by atoms with E-state index in [0.29, 0.717) is 40.2 Å². The largest absolute Gasteiger partial charge is 0.487 e. The summed E-state index contributed by atoms with van der Waals surface area (Å²) >= 11 is 1.49. The van der Waals surface area contributed by atoms with Crippen molar-refractivity contribution in [3.8, 4) is 11.8 Å². The first kappa shape index (κ1) is 17.0. The predicted molar refractivity (Wildman–Crippen MR) is 92.8 cm³/mol. The van der Waals surface area contributed by atoms with E-state index in [0.717, 1.165) is 10.6 Å². The topological polar surface area (TPSA) is 85.3 Å². The van der Waals surface area contributed by atoms with E-state index in [1.807, 2.05) is 6.92 Å². The van der Waals surface area contributed by atoms with Crippen molar-refractivity contribution in [2.45, 2.75) is 27.4 Å². The van der Waals surface area contributed by atoms with Gasteiger partial charge >= 0.3 is 5.97 Å². The number of thiazole rings is 1. The van der Waals surface area contributed by atoms with E-state index < -0.39 is 5.97 Å². The summed E-state index contributed by atoms with van der Waals surface area (Å²) in [7, 11) is 0. The minimum absolute atomic E-state index is 0.273. The Morgan fingerprint density at radius 2 is 2.20 bits per heavy atom. The number of furan rings is 1. The third kappa shape index (κ3) is 3.21. The lowest BCUT2D eigenvalue weighted by molar-refractivity contribution is 0.0526. The lowest BCUT2D eigenvalue weighted by Crippen LogP contribution is -2.05. The molecule has 0 aliphatic carbocycles. The summed E-state index contributed by atoms with van der Waals surface area (Å²) in [5, 5.41) is 9.96. The van der Waals surface area contributed by atoms with Gasteiger partial charge in [0.15, 0.2) is 0 Å². The Labute approximate surface area is 148 Å². The van der Waals surface area contributed by atoms with Gasteiger partial charge in [0.2, 0.25) is 0 Å². The van der Waals surface area contributed by atoms with Crippen LogP contribution in [0.4, 0.5) is 0 Å². The fourth-order valence-electron chi connectivity index (χ4n) is 2.52. The first-order chi connectivity index (χ1) is 12.0. The number of carbonyl (C=O) groups excluding carboxylic acids is 1. The molecule has 25 heavy (non-hydrogen) atoms. The van der Waals surface area contributed by atoms with Crippen LogP contribution in [0, 0.1) is 25.2 Å². The molecular weight excluding hydrogens is 340 g/mol. The van der Waals surface area contributed by atoms with Gasteiger partial charge in [-0.1, -0.05) is 0 Å². The molecule has 0 bridgehead atoms. The third-order valence-electron chi connectivity index (χ3n) is 3.77. The first-order valence-electron chi connectivity index (χ1n) is 7.71. The van der Waals surface area contributed by atoms with Crippen LogP contribution >= 0.6 is 11.3 Å². The van der Waals surface area contributed by atoms with E-state index in [2.05, 4.69) is 11.1 Å². The molecule has 0 N–H and O–H groups in total. The van der Waals surface area contributed by atoms with Gasteiger partial charge in [0.05, 0.1) is 28.3 Å². The molecule has 2 aromatic heterocycles. The molecule has 128 valence electrons. The highest BCUT2D eigenvalue weighted by Gasteiger charge is 2.21. The second-order valence-electron chi connectivity index (χ2n) is 5.36. The second-order valence-corrected chi connectivity index (χ2v) is 6.30. The smallest absolute Gasteiger partial charge is 0.342 e. The molecule has 1 aromatic carbocycles. The van der Waals surface area contributed by atoms with Crippen molar-refractivity contribution >= 4 is 28.3 Å². The number of nitrogens with zero attached hydrogens (tertiary/aromatic N) is 2. The predicted octanol–water partition coefficient (Wildman–Crippen LogP) is 4.13. The Morgan fingerprint density at radius 3 is 2.84 bits per heavy atom. The molecule has 0 radical (unpaired) electrons. The van der Waals surface area contributed by atoms with Crippen LogP contribution in [0.3, 0.4) is 0 Å². The van der Waals surface area contributed by atoms with Gasteiger partial charge in [0, 0.05) is 11.5 Å². The Kier molecular flexibility index (Phi) is 4.72. The number of esters is 1. The van der Waals surface area contributed by atoms with Gasteiger partial charge in [-0.15, -0.1) is 11.3 Å². The zero-order chi connectivity index (χ0) is 18.0. The molecule has 3 aromatic rings. The molecular formula is C18H16N2O4S. The zero-order valence-corrected chi connectivity index (χ0v) is 14.9. The van der Waals surface area contributed by atoms with Crippen LogP contribution in [-0.2, 0) is 11.3 Å². The van der Waals surface area contributed by atoms with Gasteiger partial charge in [-0.25, -0.2) is 9.78 Å². The van der Waals surface area contributed by atoms with Crippen LogP contribution in [0.5, 0.6) is 5.75 Å². The SMILES string of the molecule is CCOC(=O)c1c(C)oc2cc(C#N)c(OCc3scnc3C)cc12. The van der Waals surface area contributed by atoms with Gasteiger partial charge in [0.1, 0.15) is 35.3 Å². The highest BCUT2D eigenvalue weighted by atomic mass is 32.1. The number of benzene rings is 1. The molecule has 0 aliphatic heterocycles. The molecule has 2 heterocycles. The van der Waals surface area contributed by atoms with E-state index in [-0.39, 0.29) is 6.61 Å². The van der Waals surface area contributed by atoms with Gasteiger partial charge < -0.3 is 13.9 Å². The third-order valence-corrected chi connectivity index (χ3v) is 4.68. The van der Waals surface area contributed by atoms with Crippen molar-refractivity contribution in [1.29, 1.82) is 5.26 Å². The normalized spacial score (nSPS) is 10.6. The van der Waals surface area contributed by atoms with E-state index in [1.54, 1.807) is 31.5 Å². The number of hydrogen-bond acceptors (Lipinski definition) is 7. The van der Waals surface area contributed by atoms with Crippen LogP contribution < -0.4 is 4.74 Å². The summed E-state index contributed by atoms with van der Waals surface area (Å²) in [4.78, 5) is 17.4. The van der Waals surface area contributed by atoms with E-state index in [9.17, 15) is 10.1 Å². The minimum Gasteiger partial charge on any atom is -0.487 e. The Bertz CT molecular complexity index is 981. The summed E-state index contributed by atoms with van der Waals surface area (Å²) in [5.41, 5.74) is 3.81. The highest BCUT2D eigenvalue weighted by molar-refractivity contribution is 7.09. The summed E-state index contributed by atoms with van der Waals surface area (Å²) in [5.74, 6) is 0.398. The van der Waals surface area contributed by atoms with Crippen LogP contribution in [-0.4, -0.2) is 17.6 Å². The standard InChI is InChI=1S/C18H16N2O4S/c1-4-22-18(21)17-11(3)24-15-5-12(7-19)14(6-13(15)17)23-8-16-10(2)20-9-25-16/h5-6,9H,4,8H2,1-3H3. The van der Waals surface area contributed by atoms with E-state index >= 15 is 0 Å². The van der Waals surface area contributed by atoms with Crippen molar-refractivity contribution in [2.75, 3.05) is 6.61 Å². The molecule has 0 saturated carbocycles. The lowest BCUT2D eigenvalue weighted by atomic mass is 10.1. The quantitative estimate of drug-likeness (QED) is 0.639. The molecule has 6 nitrogen and oxygen atoms in total. The molecule has 0 saturated heterocycles. The van der Waals surface area contributed by atoms with Crippen LogP contribution in [0.1, 0.15) is 39.2 Å². The molecule has 0 fully saturated rings. The average Bonchev–Trinajstić information content (AvgIpc) is 3.13. The van der Waals surface area contributed by atoms with E-state index in [4.69, 9.17) is 13.9 Å². The number of carbonyl (C=O) groups is 1. The number of aryl methyl sites for hydroxylation is 2. The second kappa shape index (κ2) is 6.95. The molecule has 3 rings (SSSR count).